The van der Waals surface area contributed by atoms with Crippen molar-refractivity contribution in [1.29, 1.82) is 0 Å². The van der Waals surface area contributed by atoms with Gasteiger partial charge in [0.05, 0.1) is 11.9 Å². The Morgan fingerprint density at radius 2 is 2.15 bits per heavy atom. The molecular formula is C15H15N3O2. The Balaban J connectivity index is 1.81. The zero-order chi connectivity index (χ0) is 14.1. The highest BCUT2D eigenvalue weighted by Gasteiger charge is 2.09. The van der Waals surface area contributed by atoms with Crippen LogP contribution in [0.5, 0.6) is 5.75 Å². The quantitative estimate of drug-likeness (QED) is 0.791. The minimum absolute atomic E-state index is 0.264. The van der Waals surface area contributed by atoms with E-state index in [9.17, 15) is 0 Å². The van der Waals surface area contributed by atoms with E-state index in [4.69, 9.17) is 14.9 Å². The molecule has 20 heavy (non-hydrogen) atoms. The first-order chi connectivity index (χ1) is 9.63. The second-order valence-corrected chi connectivity index (χ2v) is 4.68. The Bertz CT molecular complexity index is 765. The van der Waals surface area contributed by atoms with E-state index in [0.717, 1.165) is 11.3 Å². The van der Waals surface area contributed by atoms with Crippen LogP contribution in [0.1, 0.15) is 17.0 Å². The molecule has 5 heteroatoms. The maximum absolute atomic E-state index is 5.75. The van der Waals surface area contributed by atoms with Crippen LogP contribution in [-0.2, 0) is 6.61 Å². The predicted molar refractivity (Wildman–Crippen MR) is 76.5 cm³/mol. The van der Waals surface area contributed by atoms with Gasteiger partial charge < -0.3 is 14.9 Å². The first kappa shape index (κ1) is 12.5. The summed E-state index contributed by atoms with van der Waals surface area (Å²) in [5, 5.41) is 0. The minimum Gasteiger partial charge on any atom is -0.484 e. The number of hydrogen-bond acceptors (Lipinski definition) is 5. The molecule has 0 radical (unpaired) electrons. The fourth-order valence-corrected chi connectivity index (χ4v) is 1.96. The molecule has 2 N–H and O–H groups in total. The van der Waals surface area contributed by atoms with Crippen LogP contribution in [0, 0.1) is 13.8 Å². The van der Waals surface area contributed by atoms with Crippen molar-refractivity contribution in [2.75, 3.05) is 5.73 Å². The van der Waals surface area contributed by atoms with Gasteiger partial charge in [0.15, 0.2) is 17.8 Å². The fourth-order valence-electron chi connectivity index (χ4n) is 1.96. The van der Waals surface area contributed by atoms with Gasteiger partial charge >= 0.3 is 0 Å². The largest absolute Gasteiger partial charge is 0.484 e. The Hall–Kier alpha value is -2.56. The highest BCUT2D eigenvalue weighted by Crippen LogP contribution is 2.22. The maximum atomic E-state index is 5.75. The van der Waals surface area contributed by atoms with E-state index in [0.29, 0.717) is 22.8 Å². The number of aryl methyl sites for hydroxylation is 1. The van der Waals surface area contributed by atoms with Gasteiger partial charge in [0.2, 0.25) is 5.89 Å². The predicted octanol–water partition coefficient (Wildman–Crippen LogP) is 3.00. The number of oxazole rings is 1. The van der Waals surface area contributed by atoms with Crippen molar-refractivity contribution in [1.82, 2.24) is 9.97 Å². The molecule has 0 atom stereocenters. The van der Waals surface area contributed by atoms with Crippen molar-refractivity contribution in [2.24, 2.45) is 0 Å². The van der Waals surface area contributed by atoms with Crippen molar-refractivity contribution < 1.29 is 9.15 Å². The van der Waals surface area contributed by atoms with Gasteiger partial charge in [0.25, 0.3) is 0 Å². The van der Waals surface area contributed by atoms with Crippen molar-refractivity contribution in [3.8, 4) is 5.75 Å². The van der Waals surface area contributed by atoms with E-state index in [2.05, 4.69) is 9.97 Å². The van der Waals surface area contributed by atoms with Crippen LogP contribution in [-0.4, -0.2) is 9.97 Å². The molecule has 0 spiro atoms. The van der Waals surface area contributed by atoms with Crippen molar-refractivity contribution >= 4 is 16.9 Å². The number of benzene rings is 1. The first-order valence-corrected chi connectivity index (χ1v) is 6.33. The number of rotatable bonds is 3. The van der Waals surface area contributed by atoms with Crippen molar-refractivity contribution in [2.45, 2.75) is 20.5 Å². The van der Waals surface area contributed by atoms with Crippen LogP contribution >= 0.6 is 0 Å². The molecule has 0 unspecified atom stereocenters. The molecule has 1 aromatic carbocycles. The van der Waals surface area contributed by atoms with Gasteiger partial charge in [-0.05, 0) is 31.0 Å². The molecule has 0 saturated heterocycles. The summed E-state index contributed by atoms with van der Waals surface area (Å²) in [6.45, 7) is 4.34. The van der Waals surface area contributed by atoms with E-state index < -0.39 is 0 Å². The van der Waals surface area contributed by atoms with Gasteiger partial charge in [-0.25, -0.2) is 4.98 Å². The summed E-state index contributed by atoms with van der Waals surface area (Å²) in [7, 11) is 0. The number of nitrogens with zero attached hydrogens (tertiary/aromatic N) is 2. The summed E-state index contributed by atoms with van der Waals surface area (Å²) in [5.41, 5.74) is 9.62. The van der Waals surface area contributed by atoms with Crippen LogP contribution in [0.3, 0.4) is 0 Å². The average molecular weight is 269 g/mol. The number of anilines is 1. The number of pyridine rings is 1. The molecule has 0 bridgehead atoms. The van der Waals surface area contributed by atoms with Gasteiger partial charge in [-0.1, -0.05) is 12.1 Å². The number of hydrogen-bond donors (Lipinski definition) is 1. The second kappa shape index (κ2) is 4.85. The molecule has 2 aromatic heterocycles. The molecule has 0 aliphatic carbocycles. The normalized spacial score (nSPS) is 10.9. The van der Waals surface area contributed by atoms with Crippen LogP contribution in [0.15, 0.2) is 34.9 Å². The Morgan fingerprint density at radius 1 is 1.30 bits per heavy atom. The van der Waals surface area contributed by atoms with E-state index in [1.807, 2.05) is 32.0 Å². The number of nitrogens with two attached hydrogens (primary N) is 1. The third kappa shape index (κ3) is 2.30. The summed E-state index contributed by atoms with van der Waals surface area (Å²) in [5.74, 6) is 1.32. The van der Waals surface area contributed by atoms with Crippen LogP contribution in [0.2, 0.25) is 0 Å². The maximum Gasteiger partial charge on any atom is 0.235 e. The molecule has 0 aliphatic rings. The molecule has 3 rings (SSSR count). The molecular weight excluding hydrogens is 254 g/mol. The Kier molecular flexibility index (Phi) is 3.02. The van der Waals surface area contributed by atoms with Gasteiger partial charge in [0, 0.05) is 6.07 Å². The van der Waals surface area contributed by atoms with Crippen LogP contribution in [0.4, 0.5) is 5.69 Å². The second-order valence-electron chi connectivity index (χ2n) is 4.68. The number of fused-ring (bicyclic) bond motifs is 1. The molecule has 0 fully saturated rings. The van der Waals surface area contributed by atoms with Gasteiger partial charge in [0.1, 0.15) is 5.75 Å². The SMILES string of the molecule is Cc1cccc(OCc2nc3ncc(N)cc3o2)c1C. The zero-order valence-corrected chi connectivity index (χ0v) is 11.4. The topological polar surface area (TPSA) is 74.2 Å². The summed E-state index contributed by atoms with van der Waals surface area (Å²) in [6, 6.07) is 7.65. The third-order valence-corrected chi connectivity index (χ3v) is 3.22. The molecule has 0 saturated carbocycles. The summed E-state index contributed by atoms with van der Waals surface area (Å²) >= 11 is 0. The highest BCUT2D eigenvalue weighted by atomic mass is 16.5. The Labute approximate surface area is 116 Å². The van der Waals surface area contributed by atoms with Gasteiger partial charge in [-0.2, -0.15) is 4.98 Å². The lowest BCUT2D eigenvalue weighted by Crippen LogP contribution is -1.98. The van der Waals surface area contributed by atoms with Crippen LogP contribution in [0.25, 0.3) is 11.2 Å². The highest BCUT2D eigenvalue weighted by molar-refractivity contribution is 5.71. The smallest absolute Gasteiger partial charge is 0.235 e. The zero-order valence-electron chi connectivity index (χ0n) is 11.4. The van der Waals surface area contributed by atoms with Crippen LogP contribution < -0.4 is 10.5 Å². The summed E-state index contributed by atoms with van der Waals surface area (Å²) < 4.78 is 11.3. The molecule has 5 nitrogen and oxygen atoms in total. The third-order valence-electron chi connectivity index (χ3n) is 3.22. The van der Waals surface area contributed by atoms with Gasteiger partial charge in [-0.3, -0.25) is 0 Å². The minimum atomic E-state index is 0.264. The lowest BCUT2D eigenvalue weighted by atomic mass is 10.1. The molecule has 0 aliphatic heterocycles. The summed E-state index contributed by atoms with van der Waals surface area (Å²) in [6.07, 6.45) is 1.56. The monoisotopic (exact) mass is 269 g/mol. The van der Waals surface area contributed by atoms with E-state index >= 15 is 0 Å². The van der Waals surface area contributed by atoms with Gasteiger partial charge in [-0.15, -0.1) is 0 Å². The molecule has 0 amide bonds. The van der Waals surface area contributed by atoms with E-state index in [1.54, 1.807) is 12.3 Å². The number of aromatic nitrogens is 2. The van der Waals surface area contributed by atoms with Crippen molar-refractivity contribution in [3.05, 3.63) is 47.5 Å². The fraction of sp³-hybridized carbons (Fsp3) is 0.200. The number of nitrogen functional groups attached to an aromatic ring is 1. The summed E-state index contributed by atoms with van der Waals surface area (Å²) in [4.78, 5) is 8.37. The van der Waals surface area contributed by atoms with E-state index in [-0.39, 0.29) is 6.61 Å². The molecule has 102 valence electrons. The Morgan fingerprint density at radius 3 is 3.00 bits per heavy atom. The first-order valence-electron chi connectivity index (χ1n) is 6.33. The lowest BCUT2D eigenvalue weighted by Gasteiger charge is -2.08. The van der Waals surface area contributed by atoms with E-state index in [1.165, 1.54) is 5.56 Å². The standard InChI is InChI=1S/C15H15N3O2/c1-9-4-3-5-12(10(9)2)19-8-14-18-15-13(20-14)6-11(16)7-17-15/h3-7H,8,16H2,1-2H3. The number of ether oxygens (including phenoxy) is 1. The molecule has 2 heterocycles. The average Bonchev–Trinajstić information content (AvgIpc) is 2.82. The lowest BCUT2D eigenvalue weighted by molar-refractivity contribution is 0.265. The molecule has 3 aromatic rings. The van der Waals surface area contributed by atoms with Crippen molar-refractivity contribution in [3.63, 3.8) is 0 Å².